The Labute approximate surface area is 273 Å². The molecule has 0 spiro atoms. The highest BCUT2D eigenvalue weighted by atomic mass is 32.3. The Hall–Kier alpha value is -4.75. The molecule has 4 rings (SSSR count). The summed E-state index contributed by atoms with van der Waals surface area (Å²) >= 11 is 0. The zero-order valence-corrected chi connectivity index (χ0v) is 26.6. The van der Waals surface area contributed by atoms with Crippen LogP contribution in [0.1, 0.15) is 32.6 Å². The van der Waals surface area contributed by atoms with Crippen LogP contribution in [-0.4, -0.2) is 78.2 Å². The lowest BCUT2D eigenvalue weighted by Crippen LogP contribution is -2.68. The Morgan fingerprint density at radius 1 is 1.10 bits per heavy atom. The van der Waals surface area contributed by atoms with E-state index in [1.807, 2.05) is 13.1 Å². The molecule has 0 aliphatic rings. The van der Waals surface area contributed by atoms with E-state index < -0.39 is 33.6 Å². The zero-order chi connectivity index (χ0) is 34.9. The van der Waals surface area contributed by atoms with Gasteiger partial charge in [0.2, 0.25) is 5.78 Å². The number of carbonyl (C=O) groups is 1. The average Bonchev–Trinajstić information content (AvgIpc) is 3.44. The Kier molecular flexibility index (Phi) is 12.0. The summed E-state index contributed by atoms with van der Waals surface area (Å²) in [6, 6.07) is 8.61. The molecule has 18 heteroatoms. The quantitative estimate of drug-likeness (QED) is 0.0471. The van der Waals surface area contributed by atoms with Gasteiger partial charge in [-0.2, -0.15) is 26.7 Å². The van der Waals surface area contributed by atoms with Gasteiger partial charge >= 0.3 is 16.6 Å². The number of carbonyl (C=O) groups excluding carboxylic acids is 1. The molecule has 48 heavy (non-hydrogen) atoms. The normalized spacial score (nSPS) is 12.7. The van der Waals surface area contributed by atoms with Crippen molar-refractivity contribution in [3.05, 3.63) is 82.8 Å². The van der Waals surface area contributed by atoms with Gasteiger partial charge in [-0.25, -0.2) is 19.1 Å². The summed E-state index contributed by atoms with van der Waals surface area (Å²) in [4.78, 5) is 24.8. The molecule has 0 saturated heterocycles. The number of hydrazone groups is 1. The van der Waals surface area contributed by atoms with Gasteiger partial charge < -0.3 is 20.6 Å². The predicted molar refractivity (Wildman–Crippen MR) is 169 cm³/mol. The number of benzene rings is 2. The number of alkyl halides is 3. The molecule has 14 nitrogen and oxygen atoms in total. The largest absolute Gasteiger partial charge is 0.417 e. The first kappa shape index (κ1) is 36.1. The summed E-state index contributed by atoms with van der Waals surface area (Å²) in [6.07, 6.45) is 1.88. The first-order chi connectivity index (χ1) is 22.7. The highest BCUT2D eigenvalue weighted by Crippen LogP contribution is 2.33. The molecule has 256 valence electrons. The van der Waals surface area contributed by atoms with E-state index in [1.165, 1.54) is 12.3 Å². The number of ether oxygens (including phenoxy) is 2. The number of nitrogens with zero attached hydrogens (tertiary/aromatic N) is 4. The van der Waals surface area contributed by atoms with Crippen LogP contribution in [0.4, 0.5) is 18.9 Å². The van der Waals surface area contributed by atoms with Crippen LogP contribution in [0.15, 0.2) is 60.1 Å². The summed E-state index contributed by atoms with van der Waals surface area (Å²) < 4.78 is 88.0. The van der Waals surface area contributed by atoms with E-state index in [9.17, 15) is 26.4 Å². The van der Waals surface area contributed by atoms with Crippen LogP contribution in [0, 0.1) is 13.8 Å². The van der Waals surface area contributed by atoms with Gasteiger partial charge in [0.15, 0.2) is 12.8 Å². The third kappa shape index (κ3) is 10.4. The second-order valence-electron chi connectivity index (χ2n) is 10.4. The van der Waals surface area contributed by atoms with Crippen molar-refractivity contribution in [2.24, 2.45) is 10.9 Å². The molecule has 2 aromatic carbocycles. The number of anilines is 1. The minimum atomic E-state index is -4.82. The third-order valence-electron chi connectivity index (χ3n) is 6.68. The van der Waals surface area contributed by atoms with E-state index in [0.717, 1.165) is 17.7 Å². The molecule has 0 radical (unpaired) electrons. The second kappa shape index (κ2) is 15.9. The molecule has 0 aliphatic carbocycles. The van der Waals surface area contributed by atoms with Gasteiger partial charge in [0.05, 0.1) is 49.9 Å². The topological polar surface area (TPSA) is 194 Å². The molecule has 2 aromatic heterocycles. The lowest BCUT2D eigenvalue weighted by Gasteiger charge is -2.15. The first-order valence-electron chi connectivity index (χ1n) is 14.3. The fourth-order valence-corrected chi connectivity index (χ4v) is 4.64. The van der Waals surface area contributed by atoms with E-state index in [4.69, 9.17) is 19.9 Å². The zero-order valence-electron chi connectivity index (χ0n) is 25.8. The smallest absolute Gasteiger partial charge is 0.377 e. The van der Waals surface area contributed by atoms with Crippen LogP contribution in [-0.2, 0) is 36.8 Å². The van der Waals surface area contributed by atoms with Gasteiger partial charge in [0.1, 0.15) is 5.71 Å². The van der Waals surface area contributed by atoms with Crippen LogP contribution in [0.2, 0.25) is 0 Å². The van der Waals surface area contributed by atoms with Crippen molar-refractivity contribution in [2.75, 3.05) is 38.4 Å². The molecule has 0 atom stereocenters. The Balaban J connectivity index is 1.38. The summed E-state index contributed by atoms with van der Waals surface area (Å²) in [5.41, 5.74) is 1.98. The molecule has 2 heterocycles. The molecule has 0 fully saturated rings. The van der Waals surface area contributed by atoms with E-state index >= 15 is 0 Å². The third-order valence-corrected chi connectivity index (χ3v) is 7.14. The SMILES string of the molecule is Cc1cnc2nc(-c3ccc(C)c(NC(=O)c4ccc(C[NH+]=C/C(COCCOCCOS(=O)(=O)O)=N\N)cc4C(F)(F)F)c3)cn2c1. The molecule has 5 N–H and O–H groups in total. The molecular weight excluding hydrogens is 659 g/mol. The minimum absolute atomic E-state index is 0.0462. The van der Waals surface area contributed by atoms with Gasteiger partial charge in [0.25, 0.3) is 5.91 Å². The van der Waals surface area contributed by atoms with Crippen molar-refractivity contribution < 1.29 is 49.6 Å². The number of imidazole rings is 1. The van der Waals surface area contributed by atoms with Crippen LogP contribution < -0.4 is 16.2 Å². The number of nitrogens with one attached hydrogen (secondary N) is 2. The van der Waals surface area contributed by atoms with Gasteiger partial charge in [-0.05, 0) is 43.2 Å². The standard InChI is InChI=1S/C30H32F3N7O7S/c1-19-13-36-29-38-27(17-40(29)16-19)22-5-3-20(2)26(12-22)37-28(41)24-6-4-21(11-25(24)30(31,32)33)14-35-15-23(39-34)18-46-8-7-45-9-10-47-48(42,43)44/h3-6,11-13,15-17H,7-10,14,18,34H2,1-2H3,(H,37,41)(H,42,43,44)/p+1/b35-15?,39-23+. The Bertz CT molecular complexity index is 1930. The summed E-state index contributed by atoms with van der Waals surface area (Å²) in [5, 5.41) is 6.17. The number of hydrogen-bond donors (Lipinski definition) is 4. The molecule has 0 saturated carbocycles. The summed E-state index contributed by atoms with van der Waals surface area (Å²) in [7, 11) is -4.54. The van der Waals surface area contributed by atoms with Gasteiger partial charge in [-0.3, -0.25) is 13.7 Å². The Morgan fingerprint density at radius 2 is 1.85 bits per heavy atom. The molecule has 1 amide bonds. The second-order valence-corrected chi connectivity index (χ2v) is 11.5. The van der Waals surface area contributed by atoms with E-state index in [1.54, 1.807) is 41.9 Å². The molecule has 0 aliphatic heterocycles. The van der Waals surface area contributed by atoms with Gasteiger partial charge in [0, 0.05) is 35.4 Å². The van der Waals surface area contributed by atoms with Crippen LogP contribution in [0.25, 0.3) is 17.0 Å². The highest BCUT2D eigenvalue weighted by molar-refractivity contribution is 7.80. The monoisotopic (exact) mass is 692 g/mol. The molecule has 4 aromatic rings. The van der Waals surface area contributed by atoms with E-state index in [2.05, 4.69) is 29.6 Å². The average molecular weight is 693 g/mol. The first-order valence-corrected chi connectivity index (χ1v) is 15.6. The number of amides is 1. The fourth-order valence-electron chi connectivity index (χ4n) is 4.36. The lowest BCUT2D eigenvalue weighted by molar-refractivity contribution is -0.468. The number of fused-ring (bicyclic) bond motifs is 1. The molecule has 0 bridgehead atoms. The fraction of sp³-hybridized carbons (Fsp3) is 0.300. The molecular formula is C30H33F3N7O7S+. The van der Waals surface area contributed by atoms with Crippen molar-refractivity contribution in [2.45, 2.75) is 26.6 Å². The molecule has 0 unspecified atom stereocenters. The van der Waals surface area contributed by atoms with Crippen LogP contribution >= 0.6 is 0 Å². The maximum atomic E-state index is 14.1. The number of hydrogen-bond acceptors (Lipinski definition) is 10. The number of nitrogens with two attached hydrogens (primary N) is 1. The summed E-state index contributed by atoms with van der Waals surface area (Å²) in [6.45, 7) is 3.20. The predicted octanol–water partition coefficient (Wildman–Crippen LogP) is 2.10. The number of aromatic nitrogens is 3. The minimum Gasteiger partial charge on any atom is -0.377 e. The van der Waals surface area contributed by atoms with Crippen molar-refractivity contribution in [1.29, 1.82) is 0 Å². The van der Waals surface area contributed by atoms with E-state index in [0.29, 0.717) is 28.3 Å². The lowest BCUT2D eigenvalue weighted by atomic mass is 10.0. The van der Waals surface area contributed by atoms with Crippen LogP contribution in [0.5, 0.6) is 0 Å². The van der Waals surface area contributed by atoms with E-state index in [-0.39, 0.29) is 50.9 Å². The van der Waals surface area contributed by atoms with Crippen molar-refractivity contribution in [1.82, 2.24) is 14.4 Å². The number of aryl methyl sites for hydroxylation is 2. The van der Waals surface area contributed by atoms with Crippen molar-refractivity contribution in [3.8, 4) is 11.3 Å². The number of rotatable bonds is 15. The number of halogens is 3. The van der Waals surface area contributed by atoms with Gasteiger partial charge in [-0.1, -0.05) is 18.2 Å². The maximum Gasteiger partial charge on any atom is 0.417 e. The maximum absolute atomic E-state index is 14.1. The highest BCUT2D eigenvalue weighted by Gasteiger charge is 2.35. The van der Waals surface area contributed by atoms with Crippen LogP contribution in [0.3, 0.4) is 0 Å². The Morgan fingerprint density at radius 3 is 2.58 bits per heavy atom. The van der Waals surface area contributed by atoms with Crippen molar-refractivity contribution in [3.63, 3.8) is 0 Å². The van der Waals surface area contributed by atoms with Gasteiger partial charge in [-0.15, -0.1) is 0 Å². The van der Waals surface area contributed by atoms with Crippen molar-refractivity contribution >= 4 is 39.7 Å². The summed E-state index contributed by atoms with van der Waals surface area (Å²) in [5.74, 6) is 4.91.